The fourth-order valence-electron chi connectivity index (χ4n) is 3.29. The van der Waals surface area contributed by atoms with Crippen molar-refractivity contribution < 1.29 is 10.0 Å². The lowest BCUT2D eigenvalue weighted by Crippen LogP contribution is -2.31. The third-order valence-corrected chi connectivity index (χ3v) is 5.63. The number of non-ortho nitro benzene ring substituents is 1. The summed E-state index contributed by atoms with van der Waals surface area (Å²) in [4.78, 5) is 25.9. The molecule has 3 aromatic rings. The van der Waals surface area contributed by atoms with Crippen LogP contribution in [-0.2, 0) is 0 Å². The van der Waals surface area contributed by atoms with E-state index >= 15 is 0 Å². The second-order valence-corrected chi connectivity index (χ2v) is 8.58. The minimum Gasteiger partial charge on any atom is -0.507 e. The SMILES string of the molecule is O=[N+]([O-])c1ccc(Nc2nc(N/N=C/c3cc(I)ccc3O)nc(N3CCCCC3)n2)cc1. The number of phenolic OH excluding ortho intramolecular Hbond substituents is 1. The van der Waals surface area contributed by atoms with E-state index in [0.29, 0.717) is 17.2 Å². The van der Waals surface area contributed by atoms with Crippen LogP contribution in [0.4, 0.5) is 29.2 Å². The summed E-state index contributed by atoms with van der Waals surface area (Å²) in [5.74, 6) is 1.15. The van der Waals surface area contributed by atoms with Gasteiger partial charge in [0, 0.05) is 40.0 Å². The van der Waals surface area contributed by atoms with Gasteiger partial charge >= 0.3 is 0 Å². The first kappa shape index (κ1) is 22.6. The Bertz CT molecular complexity index is 1170. The van der Waals surface area contributed by atoms with E-state index in [1.165, 1.54) is 24.8 Å². The minimum absolute atomic E-state index is 0.000667. The number of nitrogens with zero attached hydrogens (tertiary/aromatic N) is 6. The van der Waals surface area contributed by atoms with Crippen molar-refractivity contribution in [1.82, 2.24) is 15.0 Å². The normalized spacial score (nSPS) is 13.8. The highest BCUT2D eigenvalue weighted by atomic mass is 127. The quantitative estimate of drug-likeness (QED) is 0.167. The molecule has 0 spiro atoms. The first-order valence-corrected chi connectivity index (χ1v) is 11.4. The number of nitro groups is 1. The first-order valence-electron chi connectivity index (χ1n) is 10.3. The number of halogens is 1. The Labute approximate surface area is 203 Å². The van der Waals surface area contributed by atoms with E-state index in [0.717, 1.165) is 29.5 Å². The minimum atomic E-state index is -0.452. The molecule has 1 aromatic heterocycles. The highest BCUT2D eigenvalue weighted by Crippen LogP contribution is 2.22. The average molecular weight is 560 g/mol. The van der Waals surface area contributed by atoms with Gasteiger partial charge in [0.1, 0.15) is 5.75 Å². The Morgan fingerprint density at radius 2 is 1.79 bits per heavy atom. The Morgan fingerprint density at radius 3 is 2.52 bits per heavy atom. The molecule has 2 aromatic carbocycles. The lowest BCUT2D eigenvalue weighted by Gasteiger charge is -2.26. The summed E-state index contributed by atoms with van der Waals surface area (Å²) < 4.78 is 0.967. The van der Waals surface area contributed by atoms with Crippen LogP contribution in [0.15, 0.2) is 47.6 Å². The number of aromatic hydroxyl groups is 1. The monoisotopic (exact) mass is 560 g/mol. The molecule has 4 rings (SSSR count). The summed E-state index contributed by atoms with van der Waals surface area (Å²) in [5, 5.41) is 28.1. The van der Waals surface area contributed by atoms with Crippen molar-refractivity contribution >= 4 is 58.0 Å². The summed E-state index contributed by atoms with van der Waals surface area (Å²) >= 11 is 2.16. The average Bonchev–Trinajstić information content (AvgIpc) is 2.82. The predicted octanol–water partition coefficient (Wildman–Crippen LogP) is 4.27. The third-order valence-electron chi connectivity index (χ3n) is 4.95. The van der Waals surface area contributed by atoms with Crippen LogP contribution in [0.3, 0.4) is 0 Å². The second kappa shape index (κ2) is 10.4. The van der Waals surface area contributed by atoms with Gasteiger partial charge < -0.3 is 15.3 Å². The largest absolute Gasteiger partial charge is 0.507 e. The van der Waals surface area contributed by atoms with Gasteiger partial charge in [-0.3, -0.25) is 10.1 Å². The molecule has 1 aliphatic heterocycles. The molecule has 1 saturated heterocycles. The zero-order valence-electron chi connectivity index (χ0n) is 17.5. The number of benzene rings is 2. The maximum Gasteiger partial charge on any atom is 0.269 e. The number of anilines is 4. The van der Waals surface area contributed by atoms with Gasteiger partial charge in [-0.2, -0.15) is 20.1 Å². The topological polar surface area (TPSA) is 142 Å². The Hall–Kier alpha value is -3.55. The fourth-order valence-corrected chi connectivity index (χ4v) is 3.81. The molecule has 2 heterocycles. The van der Waals surface area contributed by atoms with Crippen LogP contribution >= 0.6 is 22.6 Å². The summed E-state index contributed by atoms with van der Waals surface area (Å²) in [6, 6.07) is 11.2. The second-order valence-electron chi connectivity index (χ2n) is 7.33. The van der Waals surface area contributed by atoms with Crippen LogP contribution in [-0.4, -0.2) is 44.3 Å². The maximum absolute atomic E-state index is 10.9. The van der Waals surface area contributed by atoms with Crippen molar-refractivity contribution in [3.05, 3.63) is 61.7 Å². The van der Waals surface area contributed by atoms with Gasteiger partial charge in [-0.05, 0) is 72.2 Å². The number of nitrogens with one attached hydrogen (secondary N) is 2. The van der Waals surface area contributed by atoms with Crippen LogP contribution in [0.1, 0.15) is 24.8 Å². The van der Waals surface area contributed by atoms with Crippen LogP contribution in [0, 0.1) is 13.7 Å². The number of hydrogen-bond donors (Lipinski definition) is 3. The first-order chi connectivity index (χ1) is 16.0. The molecule has 3 N–H and O–H groups in total. The number of aromatic nitrogens is 3. The van der Waals surface area contributed by atoms with E-state index in [-0.39, 0.29) is 23.3 Å². The molecule has 0 saturated carbocycles. The van der Waals surface area contributed by atoms with Crippen molar-refractivity contribution in [2.24, 2.45) is 5.10 Å². The molecule has 170 valence electrons. The van der Waals surface area contributed by atoms with Gasteiger partial charge in [-0.15, -0.1) is 0 Å². The van der Waals surface area contributed by atoms with E-state index in [1.807, 2.05) is 0 Å². The number of rotatable bonds is 7. The smallest absolute Gasteiger partial charge is 0.269 e. The number of hydrogen-bond acceptors (Lipinski definition) is 10. The summed E-state index contributed by atoms with van der Waals surface area (Å²) in [7, 11) is 0. The molecular weight excluding hydrogens is 539 g/mol. The number of hydrazone groups is 1. The molecule has 12 heteroatoms. The molecule has 0 atom stereocenters. The standard InChI is InChI=1S/C21H21IN8O3/c22-15-4-9-18(31)14(12-15)13-23-28-20-25-19(24-16-5-7-17(8-6-16)30(32)33)26-21(27-20)29-10-2-1-3-11-29/h4-9,12-13,31H,1-3,10-11H2,(H2,24,25,26,27,28)/b23-13+. The van der Waals surface area contributed by atoms with Gasteiger partial charge in [0.2, 0.25) is 17.8 Å². The van der Waals surface area contributed by atoms with Gasteiger partial charge in [-0.1, -0.05) is 0 Å². The van der Waals surface area contributed by atoms with Gasteiger partial charge in [0.15, 0.2) is 0 Å². The van der Waals surface area contributed by atoms with Crippen LogP contribution < -0.4 is 15.6 Å². The predicted molar refractivity (Wildman–Crippen MR) is 134 cm³/mol. The zero-order valence-corrected chi connectivity index (χ0v) is 19.6. The zero-order chi connectivity index (χ0) is 23.2. The van der Waals surface area contributed by atoms with E-state index < -0.39 is 4.92 Å². The number of piperidine rings is 1. The van der Waals surface area contributed by atoms with Crippen molar-refractivity contribution in [3.63, 3.8) is 0 Å². The summed E-state index contributed by atoms with van der Waals surface area (Å²) in [6.07, 6.45) is 4.78. The number of nitro benzene ring substituents is 1. The van der Waals surface area contributed by atoms with Crippen LogP contribution in [0.2, 0.25) is 0 Å². The van der Waals surface area contributed by atoms with Crippen molar-refractivity contribution in [2.45, 2.75) is 19.3 Å². The lowest BCUT2D eigenvalue weighted by atomic mass is 10.1. The molecule has 11 nitrogen and oxygen atoms in total. The van der Waals surface area contributed by atoms with Gasteiger partial charge in [0.05, 0.1) is 11.1 Å². The van der Waals surface area contributed by atoms with Gasteiger partial charge in [0.25, 0.3) is 5.69 Å². The molecule has 1 aliphatic rings. The number of phenols is 1. The molecule has 0 radical (unpaired) electrons. The Balaban J connectivity index is 1.57. The summed E-state index contributed by atoms with van der Waals surface area (Å²) in [6.45, 7) is 1.69. The van der Waals surface area contributed by atoms with E-state index in [2.05, 4.69) is 58.3 Å². The molecule has 1 fully saturated rings. The molecule has 0 aliphatic carbocycles. The highest BCUT2D eigenvalue weighted by molar-refractivity contribution is 14.1. The third kappa shape index (κ3) is 6.03. The molecule has 33 heavy (non-hydrogen) atoms. The van der Waals surface area contributed by atoms with Gasteiger partial charge in [-0.25, -0.2) is 5.43 Å². The van der Waals surface area contributed by atoms with E-state index in [4.69, 9.17) is 0 Å². The van der Waals surface area contributed by atoms with Crippen molar-refractivity contribution in [2.75, 3.05) is 28.7 Å². The Kier molecular flexibility index (Phi) is 7.12. The van der Waals surface area contributed by atoms with E-state index in [9.17, 15) is 15.2 Å². The van der Waals surface area contributed by atoms with Crippen molar-refractivity contribution in [3.8, 4) is 5.75 Å². The molecule has 0 bridgehead atoms. The van der Waals surface area contributed by atoms with Crippen LogP contribution in [0.5, 0.6) is 5.75 Å². The lowest BCUT2D eigenvalue weighted by molar-refractivity contribution is -0.384. The summed E-state index contributed by atoms with van der Waals surface area (Å²) in [5.41, 5.74) is 3.97. The van der Waals surface area contributed by atoms with E-state index in [1.54, 1.807) is 30.3 Å². The molecule has 0 unspecified atom stereocenters. The molecule has 0 amide bonds. The van der Waals surface area contributed by atoms with Crippen LogP contribution in [0.25, 0.3) is 0 Å². The van der Waals surface area contributed by atoms with Crippen molar-refractivity contribution in [1.29, 1.82) is 0 Å². The molecular formula is C21H21IN8O3. The Morgan fingerprint density at radius 1 is 1.06 bits per heavy atom. The fraction of sp³-hybridized carbons (Fsp3) is 0.238. The maximum atomic E-state index is 10.9. The highest BCUT2D eigenvalue weighted by Gasteiger charge is 2.16.